The lowest BCUT2D eigenvalue weighted by Crippen LogP contribution is -2.39. The smallest absolute Gasteiger partial charge is 0.241 e. The SMILES string of the molecule is CC(Cc1ccccc1)[n+]1cc([N-]C(=O)Nc2ccc3ncccc3c2)on1. The largest absolute Gasteiger partial charge is 0.424 e. The average Bonchev–Trinajstić information content (AvgIpc) is 3.17. The van der Waals surface area contributed by atoms with E-state index in [1.165, 1.54) is 5.56 Å². The molecular formula is C21H19N5O2. The highest BCUT2D eigenvalue weighted by Gasteiger charge is 2.19. The molecule has 1 atom stereocenters. The lowest BCUT2D eigenvalue weighted by atomic mass is 10.1. The molecular weight excluding hydrogens is 354 g/mol. The zero-order valence-electron chi connectivity index (χ0n) is 15.3. The van der Waals surface area contributed by atoms with Crippen molar-refractivity contribution in [2.45, 2.75) is 19.4 Å². The van der Waals surface area contributed by atoms with E-state index < -0.39 is 6.03 Å². The number of hydrogen-bond donors (Lipinski definition) is 1. The standard InChI is InChI=1S/C21H19N5O2/c1-15(12-16-6-3-2-4-7-16)26-14-20(28-25-26)24-21(27)23-18-9-10-19-17(13-18)8-5-11-22-19/h2-11,13-15H,12H2,1H3,(H-,23,24,25,27). The number of fused-ring (bicyclic) bond motifs is 1. The topological polar surface area (TPSA) is 86.0 Å². The molecule has 0 spiro atoms. The van der Waals surface area contributed by atoms with Crippen LogP contribution in [0.5, 0.6) is 0 Å². The molecule has 28 heavy (non-hydrogen) atoms. The normalized spacial score (nSPS) is 11.9. The Morgan fingerprint density at radius 1 is 1.18 bits per heavy atom. The highest BCUT2D eigenvalue weighted by Crippen LogP contribution is 2.21. The molecule has 0 bridgehead atoms. The molecule has 0 aliphatic heterocycles. The third-order valence-electron chi connectivity index (χ3n) is 4.36. The summed E-state index contributed by atoms with van der Waals surface area (Å²) in [6.07, 6.45) is 4.15. The van der Waals surface area contributed by atoms with Crippen molar-refractivity contribution >= 4 is 28.5 Å². The second-order valence-electron chi connectivity index (χ2n) is 6.51. The molecule has 0 radical (unpaired) electrons. The Labute approximate surface area is 162 Å². The first-order valence-electron chi connectivity index (χ1n) is 8.97. The molecule has 0 saturated heterocycles. The van der Waals surface area contributed by atoms with Crippen molar-refractivity contribution < 1.29 is 14.0 Å². The lowest BCUT2D eigenvalue weighted by Gasteiger charge is -2.13. The van der Waals surface area contributed by atoms with E-state index in [0.717, 1.165) is 17.3 Å². The van der Waals surface area contributed by atoms with E-state index in [2.05, 4.69) is 33.0 Å². The first-order valence-corrected chi connectivity index (χ1v) is 8.97. The van der Waals surface area contributed by atoms with Gasteiger partial charge in [0.25, 0.3) is 0 Å². The molecule has 2 aromatic carbocycles. The van der Waals surface area contributed by atoms with Gasteiger partial charge in [-0.1, -0.05) is 42.5 Å². The van der Waals surface area contributed by atoms with E-state index in [1.807, 2.05) is 49.4 Å². The minimum absolute atomic E-state index is 0.0751. The fraction of sp³-hybridized carbons (Fsp3) is 0.143. The van der Waals surface area contributed by atoms with Crippen LogP contribution in [0.4, 0.5) is 16.4 Å². The van der Waals surface area contributed by atoms with E-state index >= 15 is 0 Å². The number of benzene rings is 2. The Balaban J connectivity index is 1.38. The van der Waals surface area contributed by atoms with E-state index in [9.17, 15) is 4.79 Å². The summed E-state index contributed by atoms with van der Waals surface area (Å²) in [5, 5.41) is 11.6. The summed E-state index contributed by atoms with van der Waals surface area (Å²) in [5.74, 6) is 0.153. The second kappa shape index (κ2) is 7.87. The number of hydrogen-bond acceptors (Lipinski definition) is 4. The van der Waals surface area contributed by atoms with E-state index in [4.69, 9.17) is 4.52 Å². The van der Waals surface area contributed by atoms with Crippen LogP contribution in [0.3, 0.4) is 0 Å². The van der Waals surface area contributed by atoms with Gasteiger partial charge in [0.2, 0.25) is 12.1 Å². The highest BCUT2D eigenvalue weighted by atomic mass is 16.5. The van der Waals surface area contributed by atoms with Gasteiger partial charge in [0.05, 0.1) is 5.52 Å². The zero-order valence-corrected chi connectivity index (χ0v) is 15.3. The van der Waals surface area contributed by atoms with Crippen molar-refractivity contribution in [1.29, 1.82) is 0 Å². The van der Waals surface area contributed by atoms with Crippen molar-refractivity contribution in [3.05, 3.63) is 83.9 Å². The van der Waals surface area contributed by atoms with Crippen LogP contribution in [0.15, 0.2) is 77.6 Å². The number of rotatable bonds is 5. The first-order chi connectivity index (χ1) is 13.7. The minimum atomic E-state index is -0.526. The molecule has 140 valence electrons. The summed E-state index contributed by atoms with van der Waals surface area (Å²) in [6.45, 7) is 2.03. The highest BCUT2D eigenvalue weighted by molar-refractivity contribution is 6.04. The summed E-state index contributed by atoms with van der Waals surface area (Å²) >= 11 is 0. The summed E-state index contributed by atoms with van der Waals surface area (Å²) < 4.78 is 6.85. The van der Waals surface area contributed by atoms with Crippen molar-refractivity contribution in [3.63, 3.8) is 0 Å². The molecule has 2 heterocycles. The maximum atomic E-state index is 12.2. The average molecular weight is 373 g/mol. The number of carbonyl (C=O) groups is 1. The van der Waals surface area contributed by atoms with Gasteiger partial charge in [-0.25, -0.2) is 0 Å². The summed E-state index contributed by atoms with van der Waals surface area (Å²) in [5.41, 5.74) is 2.70. The number of amides is 2. The van der Waals surface area contributed by atoms with Crippen LogP contribution >= 0.6 is 0 Å². The van der Waals surface area contributed by atoms with Crippen LogP contribution in [0.1, 0.15) is 18.5 Å². The summed E-state index contributed by atoms with van der Waals surface area (Å²) in [6, 6.07) is 18.9. The maximum absolute atomic E-state index is 12.2. The molecule has 0 saturated carbocycles. The predicted octanol–water partition coefficient (Wildman–Crippen LogP) is 4.55. The van der Waals surface area contributed by atoms with Crippen LogP contribution in [-0.2, 0) is 6.42 Å². The van der Waals surface area contributed by atoms with Gasteiger partial charge < -0.3 is 15.2 Å². The van der Waals surface area contributed by atoms with E-state index in [0.29, 0.717) is 5.69 Å². The fourth-order valence-corrected chi connectivity index (χ4v) is 2.96. The van der Waals surface area contributed by atoms with Crippen LogP contribution in [-0.4, -0.2) is 16.3 Å². The van der Waals surface area contributed by atoms with Gasteiger partial charge in [0.1, 0.15) is 0 Å². The van der Waals surface area contributed by atoms with Gasteiger partial charge in [-0.3, -0.25) is 9.78 Å². The summed E-state index contributed by atoms with van der Waals surface area (Å²) in [7, 11) is 0. The van der Waals surface area contributed by atoms with Gasteiger partial charge in [0, 0.05) is 24.9 Å². The van der Waals surface area contributed by atoms with Gasteiger partial charge >= 0.3 is 0 Å². The van der Waals surface area contributed by atoms with Gasteiger partial charge in [-0.2, -0.15) is 0 Å². The molecule has 7 nitrogen and oxygen atoms in total. The van der Waals surface area contributed by atoms with Gasteiger partial charge in [0.15, 0.2) is 17.3 Å². The molecule has 1 N–H and O–H groups in total. The van der Waals surface area contributed by atoms with Crippen LogP contribution in [0.2, 0.25) is 0 Å². The van der Waals surface area contributed by atoms with Crippen molar-refractivity contribution in [2.75, 3.05) is 5.32 Å². The molecule has 2 amide bonds. The monoisotopic (exact) mass is 373 g/mol. The molecule has 4 aromatic rings. The molecule has 0 fully saturated rings. The fourth-order valence-electron chi connectivity index (χ4n) is 2.96. The number of pyridine rings is 1. The number of carbonyl (C=O) groups excluding carboxylic acids is 1. The number of nitrogens with one attached hydrogen (secondary N) is 1. The Bertz CT molecular complexity index is 1090. The van der Waals surface area contributed by atoms with Crippen molar-refractivity contribution in [3.8, 4) is 0 Å². The first kappa shape index (κ1) is 17.7. The predicted molar refractivity (Wildman–Crippen MR) is 105 cm³/mol. The van der Waals surface area contributed by atoms with Crippen LogP contribution in [0, 0.1) is 0 Å². The molecule has 1 unspecified atom stereocenters. The Morgan fingerprint density at radius 3 is 2.89 bits per heavy atom. The van der Waals surface area contributed by atoms with E-state index in [-0.39, 0.29) is 11.9 Å². The summed E-state index contributed by atoms with van der Waals surface area (Å²) in [4.78, 5) is 16.5. The number of aromatic nitrogens is 3. The maximum Gasteiger partial charge on any atom is 0.241 e. The second-order valence-corrected chi connectivity index (χ2v) is 6.51. The van der Waals surface area contributed by atoms with Gasteiger partial charge in [-0.05, 0) is 34.1 Å². The molecule has 7 heteroatoms. The number of nitrogens with zero attached hydrogens (tertiary/aromatic N) is 4. The van der Waals surface area contributed by atoms with Gasteiger partial charge in [-0.15, -0.1) is 0 Å². The van der Waals surface area contributed by atoms with Crippen LogP contribution < -0.4 is 10.00 Å². The molecule has 0 aliphatic rings. The number of anilines is 1. The van der Waals surface area contributed by atoms with E-state index in [1.54, 1.807) is 23.1 Å². The molecule has 2 aromatic heterocycles. The lowest BCUT2D eigenvalue weighted by molar-refractivity contribution is -0.782. The Kier molecular flexibility index (Phi) is 4.97. The van der Waals surface area contributed by atoms with Crippen LogP contribution in [0.25, 0.3) is 16.2 Å². The molecule has 0 aliphatic carbocycles. The zero-order chi connectivity index (χ0) is 19.3. The van der Waals surface area contributed by atoms with Crippen molar-refractivity contribution in [2.24, 2.45) is 0 Å². The number of urea groups is 1. The Morgan fingerprint density at radius 2 is 2.04 bits per heavy atom. The third kappa shape index (κ3) is 4.15. The quantitative estimate of drug-likeness (QED) is 0.520. The van der Waals surface area contributed by atoms with Crippen molar-refractivity contribution in [1.82, 2.24) is 10.3 Å². The third-order valence-corrected chi connectivity index (χ3v) is 4.36. The Hall–Kier alpha value is -3.74. The molecule has 4 rings (SSSR count). The minimum Gasteiger partial charge on any atom is -0.424 e.